The summed E-state index contributed by atoms with van der Waals surface area (Å²) in [6.07, 6.45) is 2.77. The monoisotopic (exact) mass is 224 g/mol. The fourth-order valence-corrected chi connectivity index (χ4v) is 2.15. The molecule has 0 aliphatic heterocycles. The van der Waals surface area contributed by atoms with Gasteiger partial charge in [-0.05, 0) is 30.7 Å². The third-order valence-electron chi connectivity index (χ3n) is 2.56. The lowest BCUT2D eigenvalue weighted by Crippen LogP contribution is -2.02. The molecule has 0 spiro atoms. The second-order valence-corrected chi connectivity index (χ2v) is 3.97. The number of aromatic hydroxyl groups is 1. The zero-order valence-corrected chi connectivity index (χ0v) is 9.25. The van der Waals surface area contributed by atoms with Gasteiger partial charge in [0.05, 0.1) is 5.02 Å². The largest absolute Gasteiger partial charge is 0.506 e. The normalized spacial score (nSPS) is 11.1. The summed E-state index contributed by atoms with van der Waals surface area (Å²) in [7, 11) is 1.95. The maximum absolute atomic E-state index is 9.55. The van der Waals surface area contributed by atoms with Crippen molar-refractivity contribution < 1.29 is 5.11 Å². The second kappa shape index (κ2) is 3.76. The number of hydrogen-bond acceptors (Lipinski definition) is 2. The van der Waals surface area contributed by atoms with Gasteiger partial charge < -0.3 is 15.4 Å². The maximum atomic E-state index is 9.55. The van der Waals surface area contributed by atoms with Crippen LogP contribution in [0.4, 0.5) is 0 Å². The van der Waals surface area contributed by atoms with Crippen molar-refractivity contribution in [1.82, 2.24) is 4.57 Å². The number of phenolic OH excluding ortho intramolecular Hbond substituents is 1. The van der Waals surface area contributed by atoms with E-state index in [4.69, 9.17) is 17.3 Å². The molecule has 1 aromatic heterocycles. The molecule has 2 aromatic rings. The van der Waals surface area contributed by atoms with E-state index >= 15 is 0 Å². The van der Waals surface area contributed by atoms with Crippen LogP contribution in [0, 0.1) is 0 Å². The number of hydrogen-bond donors (Lipinski definition) is 2. The van der Waals surface area contributed by atoms with Gasteiger partial charge in [-0.2, -0.15) is 0 Å². The van der Waals surface area contributed by atoms with Gasteiger partial charge in [0.15, 0.2) is 0 Å². The summed E-state index contributed by atoms with van der Waals surface area (Å²) in [6, 6.07) is 3.47. The molecule has 3 N–H and O–H groups in total. The Morgan fingerprint density at radius 3 is 2.87 bits per heavy atom. The Labute approximate surface area is 93.1 Å². The van der Waals surface area contributed by atoms with Crippen LogP contribution >= 0.6 is 11.6 Å². The topological polar surface area (TPSA) is 51.2 Å². The van der Waals surface area contributed by atoms with Gasteiger partial charge in [-0.15, -0.1) is 0 Å². The molecule has 0 saturated heterocycles. The van der Waals surface area contributed by atoms with Gasteiger partial charge in [-0.1, -0.05) is 11.6 Å². The molecule has 0 bridgehead atoms. The lowest BCUT2D eigenvalue weighted by Gasteiger charge is -2.01. The SMILES string of the molecule is Cn1cc(CCN)c2c(Cl)c(O)ccc21. The molecule has 0 fully saturated rings. The molecular weight excluding hydrogens is 212 g/mol. The van der Waals surface area contributed by atoms with Crippen molar-refractivity contribution in [2.75, 3.05) is 6.54 Å². The molecule has 0 unspecified atom stereocenters. The Morgan fingerprint density at radius 2 is 2.20 bits per heavy atom. The van der Waals surface area contributed by atoms with Crippen molar-refractivity contribution in [3.05, 3.63) is 28.9 Å². The molecule has 0 amide bonds. The molecule has 0 saturated carbocycles. The average molecular weight is 225 g/mol. The number of rotatable bonds is 2. The van der Waals surface area contributed by atoms with Crippen molar-refractivity contribution in [2.45, 2.75) is 6.42 Å². The van der Waals surface area contributed by atoms with Gasteiger partial charge in [-0.25, -0.2) is 0 Å². The van der Waals surface area contributed by atoms with Crippen molar-refractivity contribution in [2.24, 2.45) is 12.8 Å². The molecule has 2 rings (SSSR count). The first-order chi connectivity index (χ1) is 7.15. The minimum Gasteiger partial charge on any atom is -0.506 e. The molecule has 80 valence electrons. The number of halogens is 1. The minimum absolute atomic E-state index is 0.119. The van der Waals surface area contributed by atoms with Gasteiger partial charge in [0.2, 0.25) is 0 Å². The van der Waals surface area contributed by atoms with Crippen LogP contribution in [0.15, 0.2) is 18.3 Å². The summed E-state index contributed by atoms with van der Waals surface area (Å²) >= 11 is 6.08. The zero-order chi connectivity index (χ0) is 11.0. The van der Waals surface area contributed by atoms with Crippen LogP contribution in [0.2, 0.25) is 5.02 Å². The van der Waals surface area contributed by atoms with Gasteiger partial charge in [0.1, 0.15) is 5.75 Å². The standard InChI is InChI=1S/C11H13ClN2O/c1-14-6-7(4-5-13)10-8(14)2-3-9(15)11(10)12/h2-3,6,15H,4-5,13H2,1H3. The zero-order valence-electron chi connectivity index (χ0n) is 8.50. The summed E-state index contributed by atoms with van der Waals surface area (Å²) in [6.45, 7) is 0.575. The van der Waals surface area contributed by atoms with Gasteiger partial charge in [0, 0.05) is 24.1 Å². The third-order valence-corrected chi connectivity index (χ3v) is 2.95. The predicted molar refractivity (Wildman–Crippen MR) is 62.4 cm³/mol. The first kappa shape index (κ1) is 10.3. The summed E-state index contributed by atoms with van der Waals surface area (Å²) < 4.78 is 1.99. The molecule has 15 heavy (non-hydrogen) atoms. The molecule has 1 heterocycles. The number of nitrogens with two attached hydrogens (primary N) is 1. The average Bonchev–Trinajstić information content (AvgIpc) is 2.51. The van der Waals surface area contributed by atoms with Crippen molar-refractivity contribution in [1.29, 1.82) is 0 Å². The maximum Gasteiger partial charge on any atom is 0.134 e. The number of aromatic nitrogens is 1. The van der Waals surface area contributed by atoms with E-state index in [2.05, 4.69) is 0 Å². The van der Waals surface area contributed by atoms with E-state index < -0.39 is 0 Å². The Hall–Kier alpha value is -1.19. The first-order valence-corrected chi connectivity index (χ1v) is 5.18. The van der Waals surface area contributed by atoms with Gasteiger partial charge in [0.25, 0.3) is 0 Å². The Balaban J connectivity index is 2.77. The molecule has 3 nitrogen and oxygen atoms in total. The number of nitrogens with zero attached hydrogens (tertiary/aromatic N) is 1. The quantitative estimate of drug-likeness (QED) is 0.820. The number of aryl methyl sites for hydroxylation is 1. The predicted octanol–water partition coefficient (Wildman–Crippen LogP) is 2.04. The van der Waals surface area contributed by atoms with Crippen LogP contribution in [0.3, 0.4) is 0 Å². The molecule has 4 heteroatoms. The fraction of sp³-hybridized carbons (Fsp3) is 0.273. The molecule has 1 aromatic carbocycles. The lowest BCUT2D eigenvalue weighted by atomic mass is 10.1. The smallest absolute Gasteiger partial charge is 0.134 e. The Kier molecular flexibility index (Phi) is 2.59. The molecule has 0 aliphatic carbocycles. The summed E-state index contributed by atoms with van der Waals surface area (Å²) in [4.78, 5) is 0. The highest BCUT2D eigenvalue weighted by Gasteiger charge is 2.12. The number of benzene rings is 1. The summed E-state index contributed by atoms with van der Waals surface area (Å²) in [5, 5.41) is 10.9. The Bertz CT molecular complexity index is 505. The second-order valence-electron chi connectivity index (χ2n) is 3.60. The Morgan fingerprint density at radius 1 is 1.47 bits per heavy atom. The molecule has 0 atom stereocenters. The van der Waals surface area contributed by atoms with E-state index in [9.17, 15) is 5.11 Å². The highest BCUT2D eigenvalue weighted by atomic mass is 35.5. The van der Waals surface area contributed by atoms with Crippen molar-refractivity contribution in [3.63, 3.8) is 0 Å². The third kappa shape index (κ3) is 1.58. The van der Waals surface area contributed by atoms with Crippen molar-refractivity contribution >= 4 is 22.5 Å². The summed E-state index contributed by atoms with van der Waals surface area (Å²) in [5.41, 5.74) is 7.63. The number of fused-ring (bicyclic) bond motifs is 1. The van der Waals surface area contributed by atoms with Gasteiger partial charge in [-0.3, -0.25) is 0 Å². The van der Waals surface area contributed by atoms with Crippen LogP contribution in [-0.4, -0.2) is 16.2 Å². The highest BCUT2D eigenvalue weighted by molar-refractivity contribution is 6.37. The molecular formula is C11H13ClN2O. The van der Waals surface area contributed by atoms with Crippen LogP contribution < -0.4 is 5.73 Å². The van der Waals surface area contributed by atoms with Crippen LogP contribution in [0.5, 0.6) is 5.75 Å². The van der Waals surface area contributed by atoms with E-state index in [0.717, 1.165) is 22.9 Å². The minimum atomic E-state index is 0.119. The highest BCUT2D eigenvalue weighted by Crippen LogP contribution is 2.34. The lowest BCUT2D eigenvalue weighted by molar-refractivity contribution is 0.476. The van der Waals surface area contributed by atoms with Crippen LogP contribution in [0.25, 0.3) is 10.9 Å². The number of phenols is 1. The van der Waals surface area contributed by atoms with Crippen LogP contribution in [0.1, 0.15) is 5.56 Å². The van der Waals surface area contributed by atoms with Gasteiger partial charge >= 0.3 is 0 Å². The van der Waals surface area contributed by atoms with Crippen LogP contribution in [-0.2, 0) is 13.5 Å². The van der Waals surface area contributed by atoms with E-state index in [-0.39, 0.29) is 5.75 Å². The van der Waals surface area contributed by atoms with E-state index in [0.29, 0.717) is 11.6 Å². The summed E-state index contributed by atoms with van der Waals surface area (Å²) in [5.74, 6) is 0.119. The van der Waals surface area contributed by atoms with Crippen molar-refractivity contribution in [3.8, 4) is 5.75 Å². The fourth-order valence-electron chi connectivity index (χ4n) is 1.87. The molecule has 0 aliphatic rings. The van der Waals surface area contributed by atoms with E-state index in [1.165, 1.54) is 0 Å². The van der Waals surface area contributed by atoms with E-state index in [1.54, 1.807) is 6.07 Å². The molecule has 0 radical (unpaired) electrons. The first-order valence-electron chi connectivity index (χ1n) is 4.80. The van der Waals surface area contributed by atoms with E-state index in [1.807, 2.05) is 23.9 Å².